The predicted molar refractivity (Wildman–Crippen MR) is 61.7 cm³/mol. The minimum atomic E-state index is -0.172. The lowest BCUT2D eigenvalue weighted by molar-refractivity contribution is 0.631. The molecule has 2 aromatic rings. The lowest BCUT2D eigenvalue weighted by Crippen LogP contribution is -1.81. The first-order chi connectivity index (χ1) is 7.38. The van der Waals surface area contributed by atoms with Crippen molar-refractivity contribution >= 4 is 0 Å². The van der Waals surface area contributed by atoms with Crippen LogP contribution in [-0.4, -0.2) is 0 Å². The first-order valence-corrected chi connectivity index (χ1v) is 4.51. The van der Waals surface area contributed by atoms with Gasteiger partial charge in [0, 0.05) is 5.56 Å². The maximum absolute atomic E-state index is 13.3. The average Bonchev–Trinajstić information content (AvgIpc) is 2.33. The summed E-state index contributed by atoms with van der Waals surface area (Å²) in [5.41, 5.74) is 1.57. The Morgan fingerprint density at radius 3 is 1.87 bits per heavy atom. The summed E-state index contributed by atoms with van der Waals surface area (Å²) in [6, 6.07) is 16.3. The van der Waals surface area contributed by atoms with Crippen molar-refractivity contribution in [3.05, 3.63) is 60.4 Å². The molecule has 0 saturated carbocycles. The molecule has 0 aliphatic heterocycles. The van der Waals surface area contributed by atoms with Crippen LogP contribution >= 0.6 is 0 Å². The van der Waals surface area contributed by atoms with Crippen LogP contribution in [0.5, 0.6) is 0 Å². The molecule has 15 heavy (non-hydrogen) atoms. The molecular formula is C14H11F. The summed E-state index contributed by atoms with van der Waals surface area (Å²) < 4.78 is 13.3. The van der Waals surface area contributed by atoms with Gasteiger partial charge in [-0.3, -0.25) is 0 Å². The summed E-state index contributed by atoms with van der Waals surface area (Å²) in [7, 11) is 0. The van der Waals surface area contributed by atoms with E-state index in [9.17, 15) is 4.39 Å². The van der Waals surface area contributed by atoms with Crippen LogP contribution in [0.25, 0.3) is 11.1 Å². The molecular weight excluding hydrogens is 187 g/mol. The van der Waals surface area contributed by atoms with Gasteiger partial charge in [-0.2, -0.15) is 0 Å². The zero-order valence-corrected chi connectivity index (χ0v) is 8.23. The summed E-state index contributed by atoms with van der Waals surface area (Å²) in [4.78, 5) is 0. The highest BCUT2D eigenvalue weighted by atomic mass is 19.1. The molecule has 0 radical (unpaired) electrons. The number of hydrogen-bond acceptors (Lipinski definition) is 0. The first kappa shape index (κ1) is 11.0. The van der Waals surface area contributed by atoms with Crippen LogP contribution in [0.2, 0.25) is 0 Å². The fourth-order valence-corrected chi connectivity index (χ4v) is 1.31. The summed E-state index contributed by atoms with van der Waals surface area (Å²) in [6.07, 6.45) is 8.00. The van der Waals surface area contributed by atoms with Crippen LogP contribution in [0.3, 0.4) is 0 Å². The second kappa shape index (κ2) is 5.62. The van der Waals surface area contributed by atoms with Gasteiger partial charge < -0.3 is 0 Å². The molecule has 2 aromatic carbocycles. The number of halogens is 1. The van der Waals surface area contributed by atoms with E-state index in [4.69, 9.17) is 0 Å². The second-order valence-electron chi connectivity index (χ2n) is 2.85. The van der Waals surface area contributed by atoms with E-state index in [1.54, 1.807) is 12.1 Å². The van der Waals surface area contributed by atoms with Crippen LogP contribution < -0.4 is 0 Å². The van der Waals surface area contributed by atoms with E-state index < -0.39 is 0 Å². The largest absolute Gasteiger partial charge is 0.206 e. The molecule has 2 rings (SSSR count). The standard InChI is InChI=1S/C12H9F.C2H2/c13-12-9-5-4-8-11(12)10-6-2-1-3-7-10;1-2/h1-9H;1-2H. The van der Waals surface area contributed by atoms with Crippen molar-refractivity contribution in [2.75, 3.05) is 0 Å². The third-order valence-corrected chi connectivity index (χ3v) is 1.96. The number of rotatable bonds is 1. The Labute approximate surface area is 89.4 Å². The van der Waals surface area contributed by atoms with Crippen molar-refractivity contribution in [3.63, 3.8) is 0 Å². The minimum absolute atomic E-state index is 0.172. The Morgan fingerprint density at radius 1 is 0.733 bits per heavy atom. The third kappa shape index (κ3) is 2.69. The minimum Gasteiger partial charge on any atom is -0.206 e. The highest BCUT2D eigenvalue weighted by Gasteiger charge is 2.01. The molecule has 1 heteroatoms. The molecule has 74 valence electrons. The van der Waals surface area contributed by atoms with Gasteiger partial charge in [-0.15, -0.1) is 12.8 Å². The van der Waals surface area contributed by atoms with Crippen molar-refractivity contribution < 1.29 is 4.39 Å². The molecule has 0 amide bonds. The summed E-state index contributed by atoms with van der Waals surface area (Å²) in [6.45, 7) is 0. The zero-order valence-electron chi connectivity index (χ0n) is 8.23. The Hall–Kier alpha value is -2.07. The molecule has 0 bridgehead atoms. The highest BCUT2D eigenvalue weighted by molar-refractivity contribution is 5.63. The number of terminal acetylenes is 1. The van der Waals surface area contributed by atoms with Gasteiger partial charge in [-0.25, -0.2) is 4.39 Å². The van der Waals surface area contributed by atoms with Gasteiger partial charge >= 0.3 is 0 Å². The molecule has 0 saturated heterocycles. The topological polar surface area (TPSA) is 0 Å². The van der Waals surface area contributed by atoms with E-state index in [2.05, 4.69) is 12.8 Å². The monoisotopic (exact) mass is 198 g/mol. The van der Waals surface area contributed by atoms with E-state index in [-0.39, 0.29) is 5.82 Å². The van der Waals surface area contributed by atoms with Crippen molar-refractivity contribution in [2.24, 2.45) is 0 Å². The maximum atomic E-state index is 13.3. The molecule has 0 N–H and O–H groups in total. The number of hydrogen-bond donors (Lipinski definition) is 0. The summed E-state index contributed by atoms with van der Waals surface area (Å²) in [5.74, 6) is -0.172. The van der Waals surface area contributed by atoms with Crippen molar-refractivity contribution in [2.45, 2.75) is 0 Å². The predicted octanol–water partition coefficient (Wildman–Crippen LogP) is 3.74. The SMILES string of the molecule is C#C.Fc1ccccc1-c1ccccc1. The van der Waals surface area contributed by atoms with Crippen LogP contribution in [0.15, 0.2) is 54.6 Å². The quantitative estimate of drug-likeness (QED) is 0.612. The van der Waals surface area contributed by atoms with Gasteiger partial charge in [-0.05, 0) is 11.6 Å². The van der Waals surface area contributed by atoms with Crippen molar-refractivity contribution in [1.29, 1.82) is 0 Å². The molecule has 0 aliphatic carbocycles. The molecule has 0 fully saturated rings. The Bertz CT molecular complexity index is 429. The Balaban J connectivity index is 0.000000531. The highest BCUT2D eigenvalue weighted by Crippen LogP contribution is 2.21. The molecule has 0 aromatic heterocycles. The second-order valence-corrected chi connectivity index (χ2v) is 2.85. The van der Waals surface area contributed by atoms with Gasteiger partial charge in [0.05, 0.1) is 0 Å². The zero-order chi connectivity index (χ0) is 11.1. The van der Waals surface area contributed by atoms with E-state index in [1.807, 2.05) is 36.4 Å². The van der Waals surface area contributed by atoms with E-state index in [0.29, 0.717) is 5.56 Å². The summed E-state index contributed by atoms with van der Waals surface area (Å²) >= 11 is 0. The van der Waals surface area contributed by atoms with Gasteiger partial charge in [-0.1, -0.05) is 48.5 Å². The summed E-state index contributed by atoms with van der Waals surface area (Å²) in [5, 5.41) is 0. The van der Waals surface area contributed by atoms with Gasteiger partial charge in [0.2, 0.25) is 0 Å². The van der Waals surface area contributed by atoms with E-state index >= 15 is 0 Å². The number of benzene rings is 2. The van der Waals surface area contributed by atoms with Gasteiger partial charge in [0.25, 0.3) is 0 Å². The Kier molecular flexibility index (Phi) is 4.12. The van der Waals surface area contributed by atoms with Crippen molar-refractivity contribution in [3.8, 4) is 24.0 Å². The van der Waals surface area contributed by atoms with Gasteiger partial charge in [0.15, 0.2) is 0 Å². The van der Waals surface area contributed by atoms with Crippen LogP contribution in [0.4, 0.5) is 4.39 Å². The average molecular weight is 198 g/mol. The van der Waals surface area contributed by atoms with Crippen molar-refractivity contribution in [1.82, 2.24) is 0 Å². The lowest BCUT2D eigenvalue weighted by Gasteiger charge is -2.01. The molecule has 0 heterocycles. The lowest BCUT2D eigenvalue weighted by atomic mass is 10.1. The fraction of sp³-hybridized carbons (Fsp3) is 0. The first-order valence-electron chi connectivity index (χ1n) is 4.51. The molecule has 0 unspecified atom stereocenters. The molecule has 0 aliphatic rings. The van der Waals surface area contributed by atoms with E-state index in [1.165, 1.54) is 6.07 Å². The molecule has 0 spiro atoms. The van der Waals surface area contributed by atoms with Crippen LogP contribution in [0.1, 0.15) is 0 Å². The third-order valence-electron chi connectivity index (χ3n) is 1.96. The fourth-order valence-electron chi connectivity index (χ4n) is 1.31. The molecule has 0 nitrogen and oxygen atoms in total. The normalized spacial score (nSPS) is 8.73. The molecule has 0 atom stereocenters. The van der Waals surface area contributed by atoms with Gasteiger partial charge in [0.1, 0.15) is 5.82 Å². The van der Waals surface area contributed by atoms with Crippen LogP contribution in [-0.2, 0) is 0 Å². The maximum Gasteiger partial charge on any atom is 0.131 e. The van der Waals surface area contributed by atoms with E-state index in [0.717, 1.165) is 5.56 Å². The smallest absolute Gasteiger partial charge is 0.131 e. The van der Waals surface area contributed by atoms with Crippen LogP contribution in [0, 0.1) is 18.7 Å². The Morgan fingerprint density at radius 2 is 1.27 bits per heavy atom.